The molecule has 0 aliphatic carbocycles. The van der Waals surface area contributed by atoms with Crippen molar-refractivity contribution in [1.29, 1.82) is 0 Å². The number of hydrogen-bond acceptors (Lipinski definition) is 4. The molecule has 1 radical (unpaired) electrons. The fourth-order valence-corrected chi connectivity index (χ4v) is 2.40. The van der Waals surface area contributed by atoms with Crippen molar-refractivity contribution in [3.8, 4) is 17.0 Å². The van der Waals surface area contributed by atoms with Crippen molar-refractivity contribution in [2.75, 3.05) is 7.11 Å². The summed E-state index contributed by atoms with van der Waals surface area (Å²) < 4.78 is 6.53. The first kappa shape index (κ1) is 10.2. The number of aromatic nitrogens is 2. The van der Waals surface area contributed by atoms with Gasteiger partial charge >= 0.3 is 0 Å². The number of ether oxygens (including phenoxy) is 1. The highest BCUT2D eigenvalue weighted by atomic mass is 32.1. The molecule has 3 rings (SSSR count). The summed E-state index contributed by atoms with van der Waals surface area (Å²) in [7, 11) is 1.65. The summed E-state index contributed by atoms with van der Waals surface area (Å²) in [6, 6.07) is 9.84. The van der Waals surface area contributed by atoms with Crippen molar-refractivity contribution in [3.05, 3.63) is 42.0 Å². The number of thiazole rings is 1. The van der Waals surface area contributed by atoms with E-state index in [9.17, 15) is 0 Å². The monoisotopic (exact) mass is 241 g/mol. The Morgan fingerprint density at radius 3 is 2.94 bits per heavy atom. The molecule has 1 aromatic carbocycles. The van der Waals surface area contributed by atoms with E-state index in [2.05, 4.69) is 15.5 Å². The van der Waals surface area contributed by atoms with Gasteiger partial charge < -0.3 is 4.74 Å². The minimum absolute atomic E-state index is 0.763. The first-order chi connectivity index (χ1) is 8.40. The predicted molar refractivity (Wildman–Crippen MR) is 68.2 cm³/mol. The van der Waals surface area contributed by atoms with Gasteiger partial charge in [0.15, 0.2) is 11.3 Å². The molecule has 2 aromatic heterocycles. The Morgan fingerprint density at radius 1 is 1.24 bits per heavy atom. The van der Waals surface area contributed by atoms with Crippen LogP contribution in [0.25, 0.3) is 21.5 Å². The summed E-state index contributed by atoms with van der Waals surface area (Å²) in [5, 5.41) is 0. The third kappa shape index (κ3) is 1.66. The quantitative estimate of drug-likeness (QED) is 0.691. The van der Waals surface area contributed by atoms with Crippen LogP contribution in [0.1, 0.15) is 0 Å². The van der Waals surface area contributed by atoms with Crippen LogP contribution < -0.4 is 4.74 Å². The Balaban J connectivity index is 2.29. The van der Waals surface area contributed by atoms with Gasteiger partial charge in [-0.1, -0.05) is 6.07 Å². The average molecular weight is 241 g/mol. The molecular weight excluding hydrogens is 232 g/mol. The molecule has 0 saturated carbocycles. The maximum atomic E-state index is 5.46. The maximum Gasteiger partial charge on any atom is 0.155 e. The molecule has 0 aliphatic rings. The van der Waals surface area contributed by atoms with Crippen molar-refractivity contribution in [3.63, 3.8) is 0 Å². The Labute approximate surface area is 103 Å². The third-order valence-corrected chi connectivity index (χ3v) is 3.28. The second kappa shape index (κ2) is 4.14. The molecule has 0 fully saturated rings. The Bertz CT molecular complexity index is 649. The van der Waals surface area contributed by atoms with Gasteiger partial charge in [-0.2, -0.15) is 0 Å². The molecule has 0 amide bonds. The van der Waals surface area contributed by atoms with Gasteiger partial charge in [0.25, 0.3) is 0 Å². The molecule has 17 heavy (non-hydrogen) atoms. The van der Waals surface area contributed by atoms with Gasteiger partial charge in [0, 0.05) is 11.8 Å². The van der Waals surface area contributed by atoms with Gasteiger partial charge in [-0.05, 0) is 24.3 Å². The van der Waals surface area contributed by atoms with Crippen molar-refractivity contribution < 1.29 is 4.74 Å². The second-order valence-corrected chi connectivity index (χ2v) is 4.34. The van der Waals surface area contributed by atoms with Crippen molar-refractivity contribution in [1.82, 2.24) is 9.97 Å². The molecule has 3 aromatic rings. The largest absolute Gasteiger partial charge is 0.494 e. The summed E-state index contributed by atoms with van der Waals surface area (Å²) >= 11 is 1.48. The first-order valence-corrected chi connectivity index (χ1v) is 5.97. The molecule has 2 heterocycles. The molecule has 0 N–H and O–H groups in total. The predicted octanol–water partition coefficient (Wildman–Crippen LogP) is 3.17. The van der Waals surface area contributed by atoms with Crippen LogP contribution in [-0.4, -0.2) is 17.1 Å². The zero-order valence-corrected chi connectivity index (χ0v) is 9.99. The van der Waals surface area contributed by atoms with Gasteiger partial charge in [0.2, 0.25) is 0 Å². The van der Waals surface area contributed by atoms with E-state index < -0.39 is 0 Å². The lowest BCUT2D eigenvalue weighted by Crippen LogP contribution is -1.90. The van der Waals surface area contributed by atoms with Gasteiger partial charge in [-0.15, -0.1) is 11.3 Å². The number of pyridine rings is 1. The van der Waals surface area contributed by atoms with Gasteiger partial charge in [-0.25, -0.2) is 4.98 Å². The van der Waals surface area contributed by atoms with E-state index in [1.807, 2.05) is 30.3 Å². The maximum absolute atomic E-state index is 5.46. The van der Waals surface area contributed by atoms with Crippen LogP contribution in [0, 0.1) is 5.51 Å². The van der Waals surface area contributed by atoms with E-state index >= 15 is 0 Å². The fourth-order valence-electron chi connectivity index (χ4n) is 1.79. The van der Waals surface area contributed by atoms with Crippen molar-refractivity contribution in [2.24, 2.45) is 0 Å². The van der Waals surface area contributed by atoms with Gasteiger partial charge in [0.05, 0.1) is 17.5 Å². The smallest absolute Gasteiger partial charge is 0.155 e. The first-order valence-electron chi connectivity index (χ1n) is 5.15. The Hall–Kier alpha value is -1.94. The number of nitrogens with zero attached hydrogens (tertiary/aromatic N) is 2. The van der Waals surface area contributed by atoms with Crippen LogP contribution in [0.15, 0.2) is 36.5 Å². The molecular formula is C13H9N2OS. The molecule has 3 nitrogen and oxygen atoms in total. The van der Waals surface area contributed by atoms with E-state index in [1.54, 1.807) is 13.3 Å². The van der Waals surface area contributed by atoms with Crippen LogP contribution in [0.2, 0.25) is 0 Å². The van der Waals surface area contributed by atoms with E-state index in [-0.39, 0.29) is 0 Å². The fraction of sp³-hybridized carbons (Fsp3) is 0.0769. The van der Waals surface area contributed by atoms with Crippen LogP contribution in [-0.2, 0) is 0 Å². The molecule has 83 valence electrons. The lowest BCUT2D eigenvalue weighted by Gasteiger charge is -2.08. The van der Waals surface area contributed by atoms with Gasteiger partial charge in [-0.3, -0.25) is 4.98 Å². The highest BCUT2D eigenvalue weighted by molar-refractivity contribution is 7.16. The topological polar surface area (TPSA) is 35.0 Å². The summed E-state index contributed by atoms with van der Waals surface area (Å²) in [5.41, 5.74) is 5.58. The third-order valence-electron chi connectivity index (χ3n) is 2.55. The number of methoxy groups -OCH3 is 1. The number of fused-ring (bicyclic) bond motifs is 1. The molecule has 0 atom stereocenters. The highest BCUT2D eigenvalue weighted by Crippen LogP contribution is 2.36. The number of benzene rings is 1. The zero-order valence-electron chi connectivity index (χ0n) is 9.18. The molecule has 0 spiro atoms. The normalized spacial score (nSPS) is 10.6. The Kier molecular flexibility index (Phi) is 2.49. The lowest BCUT2D eigenvalue weighted by atomic mass is 10.1. The average Bonchev–Trinajstić information content (AvgIpc) is 2.86. The Morgan fingerprint density at radius 2 is 2.18 bits per heavy atom. The molecule has 0 unspecified atom stereocenters. The van der Waals surface area contributed by atoms with E-state index in [4.69, 9.17) is 4.74 Å². The molecule has 0 aliphatic heterocycles. The van der Waals surface area contributed by atoms with Crippen LogP contribution in [0.3, 0.4) is 0 Å². The zero-order chi connectivity index (χ0) is 11.7. The van der Waals surface area contributed by atoms with E-state index in [0.717, 1.165) is 27.2 Å². The SMILES string of the molecule is COc1c(-c2ccccn2)ccc2s[c]nc12. The van der Waals surface area contributed by atoms with Crippen LogP contribution in [0.4, 0.5) is 0 Å². The van der Waals surface area contributed by atoms with E-state index in [0.29, 0.717) is 0 Å². The summed E-state index contributed by atoms with van der Waals surface area (Å²) in [6.07, 6.45) is 1.77. The highest BCUT2D eigenvalue weighted by Gasteiger charge is 2.12. The standard InChI is InChI=1S/C13H9N2OS/c1-16-13-9(10-4-2-3-7-14-10)5-6-11-12(13)15-8-17-11/h2-7H,1H3. The van der Waals surface area contributed by atoms with Crippen molar-refractivity contribution >= 4 is 21.6 Å². The molecule has 4 heteroatoms. The molecule has 0 bridgehead atoms. The van der Waals surface area contributed by atoms with Crippen LogP contribution in [0.5, 0.6) is 5.75 Å². The lowest BCUT2D eigenvalue weighted by molar-refractivity contribution is 0.420. The number of hydrogen-bond donors (Lipinski definition) is 0. The molecule has 0 saturated heterocycles. The summed E-state index contributed by atoms with van der Waals surface area (Å²) in [6.45, 7) is 0. The van der Waals surface area contributed by atoms with Crippen LogP contribution >= 0.6 is 11.3 Å². The second-order valence-electron chi connectivity index (χ2n) is 3.51. The van der Waals surface area contributed by atoms with Gasteiger partial charge in [0.1, 0.15) is 5.52 Å². The van der Waals surface area contributed by atoms with E-state index in [1.165, 1.54) is 11.3 Å². The summed E-state index contributed by atoms with van der Waals surface area (Å²) in [4.78, 5) is 8.55. The van der Waals surface area contributed by atoms with Crippen molar-refractivity contribution in [2.45, 2.75) is 0 Å². The minimum atomic E-state index is 0.763. The summed E-state index contributed by atoms with van der Waals surface area (Å²) in [5.74, 6) is 0.763. The minimum Gasteiger partial charge on any atom is -0.494 e. The number of rotatable bonds is 2.